The fourth-order valence-corrected chi connectivity index (χ4v) is 2.12. The van der Waals surface area contributed by atoms with E-state index < -0.39 is 0 Å². The maximum atomic E-state index is 11.4. The third kappa shape index (κ3) is 4.75. The van der Waals surface area contributed by atoms with Crippen molar-refractivity contribution in [2.75, 3.05) is 12.3 Å². The second-order valence-electron chi connectivity index (χ2n) is 3.81. The molecule has 0 saturated carbocycles. The molecule has 17 heavy (non-hydrogen) atoms. The van der Waals surface area contributed by atoms with E-state index in [-0.39, 0.29) is 5.91 Å². The van der Waals surface area contributed by atoms with Gasteiger partial charge in [-0.1, -0.05) is 24.8 Å². The molecule has 1 rings (SSSR count). The van der Waals surface area contributed by atoms with Crippen LogP contribution in [0.1, 0.15) is 24.5 Å². The van der Waals surface area contributed by atoms with Crippen LogP contribution in [0.5, 0.6) is 0 Å². The molecule has 0 aromatic carbocycles. The van der Waals surface area contributed by atoms with Crippen LogP contribution in [-0.4, -0.2) is 23.2 Å². The minimum atomic E-state index is 0.0564. The minimum Gasteiger partial charge on any atom is -0.355 e. The third-order valence-corrected chi connectivity index (χ3v) is 3.34. The number of pyridine rings is 1. The third-order valence-electron chi connectivity index (χ3n) is 2.23. The average molecular weight is 253 g/mol. The Morgan fingerprint density at radius 1 is 1.59 bits per heavy atom. The lowest BCUT2D eigenvalue weighted by Crippen LogP contribution is -2.25. The van der Waals surface area contributed by atoms with Crippen molar-refractivity contribution < 1.29 is 4.79 Å². The Hall–Kier alpha value is -1.07. The predicted molar refractivity (Wildman–Crippen MR) is 70.9 cm³/mol. The van der Waals surface area contributed by atoms with Gasteiger partial charge in [0.1, 0.15) is 0 Å². The number of carbonyl (C=O) groups excluding carboxylic acids is 1. The van der Waals surface area contributed by atoms with Gasteiger partial charge in [-0.3, -0.25) is 4.79 Å². The molecule has 0 aliphatic rings. The Balaban J connectivity index is 2.49. The van der Waals surface area contributed by atoms with E-state index >= 15 is 0 Å². The summed E-state index contributed by atoms with van der Waals surface area (Å²) in [6.07, 6.45) is 2.72. The van der Waals surface area contributed by atoms with Crippen LogP contribution >= 0.6 is 11.8 Å². The molecule has 3 N–H and O–H groups in total. The predicted octanol–water partition coefficient (Wildman–Crippen LogP) is 1.47. The zero-order valence-electron chi connectivity index (χ0n) is 10.3. The highest BCUT2D eigenvalue weighted by atomic mass is 32.2. The highest BCUT2D eigenvalue weighted by Crippen LogP contribution is 2.19. The Kier molecular flexibility index (Phi) is 6.00. The standard InChI is InChI=1S/C12H19N3OS/c1-3-4-14-11(16)8-17-12-9(2)5-10(6-13)7-15-12/h5,7H,3-4,6,8,13H2,1-2H3,(H,14,16). The maximum Gasteiger partial charge on any atom is 0.230 e. The van der Waals surface area contributed by atoms with E-state index in [1.165, 1.54) is 11.8 Å². The molecule has 4 nitrogen and oxygen atoms in total. The van der Waals surface area contributed by atoms with Gasteiger partial charge in [-0.05, 0) is 24.5 Å². The number of rotatable bonds is 6. The molecular formula is C12H19N3OS. The number of hydrogen-bond donors (Lipinski definition) is 2. The van der Waals surface area contributed by atoms with Gasteiger partial charge in [0, 0.05) is 19.3 Å². The summed E-state index contributed by atoms with van der Waals surface area (Å²) in [7, 11) is 0. The van der Waals surface area contributed by atoms with Crippen molar-refractivity contribution >= 4 is 17.7 Å². The van der Waals surface area contributed by atoms with E-state index in [4.69, 9.17) is 5.73 Å². The summed E-state index contributed by atoms with van der Waals surface area (Å²) in [5, 5.41) is 3.73. The summed E-state index contributed by atoms with van der Waals surface area (Å²) in [6.45, 7) is 5.25. The molecule has 0 bridgehead atoms. The zero-order chi connectivity index (χ0) is 12.7. The van der Waals surface area contributed by atoms with Crippen molar-refractivity contribution in [2.45, 2.75) is 31.8 Å². The van der Waals surface area contributed by atoms with Crippen LogP contribution in [0.4, 0.5) is 0 Å². The van der Waals surface area contributed by atoms with Crippen LogP contribution in [0.2, 0.25) is 0 Å². The fourth-order valence-electron chi connectivity index (χ4n) is 1.33. The first kappa shape index (κ1) is 14.0. The van der Waals surface area contributed by atoms with Crippen LogP contribution in [0.25, 0.3) is 0 Å². The highest BCUT2D eigenvalue weighted by molar-refractivity contribution is 7.99. The minimum absolute atomic E-state index is 0.0564. The number of nitrogens with one attached hydrogen (secondary N) is 1. The number of carbonyl (C=O) groups is 1. The Bertz CT molecular complexity index is 382. The number of aryl methyl sites for hydroxylation is 1. The number of aromatic nitrogens is 1. The molecule has 94 valence electrons. The molecule has 0 saturated heterocycles. The number of nitrogens with two attached hydrogens (primary N) is 1. The van der Waals surface area contributed by atoms with Gasteiger partial charge in [0.25, 0.3) is 0 Å². The lowest BCUT2D eigenvalue weighted by atomic mass is 10.2. The van der Waals surface area contributed by atoms with E-state index in [0.29, 0.717) is 12.3 Å². The quantitative estimate of drug-likeness (QED) is 0.753. The van der Waals surface area contributed by atoms with Gasteiger partial charge in [0.2, 0.25) is 5.91 Å². The monoisotopic (exact) mass is 253 g/mol. The van der Waals surface area contributed by atoms with Gasteiger partial charge in [-0.2, -0.15) is 0 Å². The van der Waals surface area contributed by atoms with Crippen molar-refractivity contribution in [1.29, 1.82) is 0 Å². The maximum absolute atomic E-state index is 11.4. The molecule has 0 atom stereocenters. The van der Waals surface area contributed by atoms with Gasteiger partial charge in [0.05, 0.1) is 10.8 Å². The van der Waals surface area contributed by atoms with Gasteiger partial charge in [0.15, 0.2) is 0 Å². The molecule has 0 spiro atoms. The molecule has 0 aliphatic carbocycles. The number of hydrogen-bond acceptors (Lipinski definition) is 4. The van der Waals surface area contributed by atoms with Crippen LogP contribution < -0.4 is 11.1 Å². The van der Waals surface area contributed by atoms with Crippen LogP contribution in [0.3, 0.4) is 0 Å². The summed E-state index contributed by atoms with van der Waals surface area (Å²) < 4.78 is 0. The van der Waals surface area contributed by atoms with Crippen LogP contribution in [0, 0.1) is 6.92 Å². The van der Waals surface area contributed by atoms with Gasteiger partial charge < -0.3 is 11.1 Å². The Morgan fingerprint density at radius 2 is 2.35 bits per heavy atom. The lowest BCUT2D eigenvalue weighted by molar-refractivity contribution is -0.118. The normalized spacial score (nSPS) is 10.3. The molecule has 0 unspecified atom stereocenters. The van der Waals surface area contributed by atoms with Crippen molar-refractivity contribution in [1.82, 2.24) is 10.3 Å². The van der Waals surface area contributed by atoms with E-state index in [0.717, 1.165) is 29.1 Å². The van der Waals surface area contributed by atoms with Crippen molar-refractivity contribution in [3.63, 3.8) is 0 Å². The first-order chi connectivity index (χ1) is 8.17. The topological polar surface area (TPSA) is 68.0 Å². The summed E-state index contributed by atoms with van der Waals surface area (Å²) in [4.78, 5) is 15.7. The Morgan fingerprint density at radius 3 is 2.94 bits per heavy atom. The summed E-state index contributed by atoms with van der Waals surface area (Å²) >= 11 is 1.46. The van der Waals surface area contributed by atoms with Crippen molar-refractivity contribution in [3.8, 4) is 0 Å². The molecule has 0 aliphatic heterocycles. The number of thioether (sulfide) groups is 1. The van der Waals surface area contributed by atoms with Crippen LogP contribution in [-0.2, 0) is 11.3 Å². The molecule has 1 heterocycles. The number of nitrogens with zero attached hydrogens (tertiary/aromatic N) is 1. The molecule has 0 radical (unpaired) electrons. The van der Waals surface area contributed by atoms with Crippen LogP contribution in [0.15, 0.2) is 17.3 Å². The summed E-state index contributed by atoms with van der Waals surface area (Å²) in [6, 6.07) is 2.01. The zero-order valence-corrected chi connectivity index (χ0v) is 11.1. The van der Waals surface area contributed by atoms with E-state index in [2.05, 4.69) is 10.3 Å². The van der Waals surface area contributed by atoms with E-state index in [1.807, 2.05) is 19.9 Å². The second-order valence-corrected chi connectivity index (χ2v) is 4.77. The van der Waals surface area contributed by atoms with E-state index in [9.17, 15) is 4.79 Å². The SMILES string of the molecule is CCCNC(=O)CSc1ncc(CN)cc1C. The molecule has 1 aromatic heterocycles. The van der Waals surface area contributed by atoms with Gasteiger partial charge >= 0.3 is 0 Å². The first-order valence-corrected chi connectivity index (χ1v) is 6.71. The molecule has 0 fully saturated rings. The number of amides is 1. The molecule has 5 heteroatoms. The highest BCUT2D eigenvalue weighted by Gasteiger charge is 2.05. The Labute approximate surface area is 106 Å². The largest absolute Gasteiger partial charge is 0.355 e. The molecular weight excluding hydrogens is 234 g/mol. The fraction of sp³-hybridized carbons (Fsp3) is 0.500. The summed E-state index contributed by atoms with van der Waals surface area (Å²) in [5.74, 6) is 0.469. The average Bonchev–Trinajstić information content (AvgIpc) is 2.34. The molecule has 1 amide bonds. The lowest BCUT2D eigenvalue weighted by Gasteiger charge is -2.06. The first-order valence-electron chi connectivity index (χ1n) is 5.72. The van der Waals surface area contributed by atoms with Gasteiger partial charge in [-0.15, -0.1) is 0 Å². The van der Waals surface area contributed by atoms with Gasteiger partial charge in [-0.25, -0.2) is 4.98 Å². The molecule has 1 aromatic rings. The van der Waals surface area contributed by atoms with E-state index in [1.54, 1.807) is 6.20 Å². The van der Waals surface area contributed by atoms with Crippen molar-refractivity contribution in [3.05, 3.63) is 23.4 Å². The smallest absolute Gasteiger partial charge is 0.230 e. The second kappa shape index (κ2) is 7.29. The summed E-state index contributed by atoms with van der Waals surface area (Å²) in [5.41, 5.74) is 7.62. The van der Waals surface area contributed by atoms with Crippen molar-refractivity contribution in [2.24, 2.45) is 5.73 Å².